The Bertz CT molecular complexity index is 583. The fraction of sp³-hybridized carbons (Fsp3) is 0.625. The Morgan fingerprint density at radius 2 is 1.91 bits per heavy atom. The average Bonchev–Trinajstić information content (AvgIpc) is 2.48. The molecule has 7 heteroatoms. The van der Waals surface area contributed by atoms with E-state index in [2.05, 4.69) is 20.6 Å². The number of rotatable bonds is 3. The van der Waals surface area contributed by atoms with Crippen molar-refractivity contribution in [2.24, 2.45) is 0 Å². The minimum Gasteiger partial charge on any atom is -0.472 e. The van der Waals surface area contributed by atoms with Gasteiger partial charge >= 0.3 is 6.03 Å². The monoisotopic (exact) mass is 317 g/mol. The molecule has 0 saturated heterocycles. The van der Waals surface area contributed by atoms with E-state index in [9.17, 15) is 4.79 Å². The van der Waals surface area contributed by atoms with E-state index in [1.54, 1.807) is 0 Å². The summed E-state index contributed by atoms with van der Waals surface area (Å²) in [6.07, 6.45) is 6.28. The Morgan fingerprint density at radius 3 is 2.52 bits per heavy atom. The third-order valence-corrected chi connectivity index (χ3v) is 3.55. The number of nitrogens with one attached hydrogen (secondary N) is 2. The van der Waals surface area contributed by atoms with Crippen LogP contribution in [0.5, 0.6) is 5.88 Å². The summed E-state index contributed by atoms with van der Waals surface area (Å²) in [5, 5.41) is 14.9. The van der Waals surface area contributed by atoms with Crippen LogP contribution < -0.4 is 15.4 Å². The topological polar surface area (TPSA) is 99.9 Å². The van der Waals surface area contributed by atoms with Crippen LogP contribution >= 0.6 is 0 Å². The number of ether oxygens (including phenoxy) is 1. The molecule has 2 N–H and O–H groups in total. The van der Waals surface area contributed by atoms with Crippen molar-refractivity contribution < 1.29 is 9.53 Å². The molecule has 0 bridgehead atoms. The van der Waals surface area contributed by atoms with Crippen LogP contribution in [0.4, 0.5) is 4.79 Å². The molecular weight excluding hydrogens is 294 g/mol. The van der Waals surface area contributed by atoms with E-state index in [1.165, 1.54) is 12.4 Å². The first-order valence-electron chi connectivity index (χ1n) is 7.84. The highest BCUT2D eigenvalue weighted by Crippen LogP contribution is 2.23. The first kappa shape index (κ1) is 17.0. The Labute approximate surface area is 136 Å². The molecule has 0 aliphatic heterocycles. The number of nitriles is 1. The van der Waals surface area contributed by atoms with Crippen LogP contribution in [0.3, 0.4) is 0 Å². The van der Waals surface area contributed by atoms with Crippen LogP contribution in [-0.2, 0) is 0 Å². The molecule has 7 nitrogen and oxygen atoms in total. The smallest absolute Gasteiger partial charge is 0.315 e. The minimum atomic E-state index is -0.246. The van der Waals surface area contributed by atoms with E-state index in [1.807, 2.05) is 26.8 Å². The second-order valence-electron chi connectivity index (χ2n) is 6.76. The molecule has 1 aromatic heterocycles. The number of carbonyl (C=O) groups excluding carboxylic acids is 1. The van der Waals surface area contributed by atoms with E-state index in [0.717, 1.165) is 25.7 Å². The number of carbonyl (C=O) groups is 1. The van der Waals surface area contributed by atoms with E-state index in [0.29, 0.717) is 0 Å². The predicted molar refractivity (Wildman–Crippen MR) is 84.8 cm³/mol. The maximum Gasteiger partial charge on any atom is 0.315 e. The summed E-state index contributed by atoms with van der Waals surface area (Å²) in [4.78, 5) is 19.9. The number of hydrogen-bond donors (Lipinski definition) is 2. The van der Waals surface area contributed by atoms with Crippen molar-refractivity contribution in [2.75, 3.05) is 0 Å². The van der Waals surface area contributed by atoms with Crippen molar-refractivity contribution >= 4 is 6.03 Å². The van der Waals surface area contributed by atoms with Gasteiger partial charge in [-0.2, -0.15) is 5.26 Å². The maximum absolute atomic E-state index is 11.9. The van der Waals surface area contributed by atoms with E-state index in [-0.39, 0.29) is 35.3 Å². The van der Waals surface area contributed by atoms with Crippen LogP contribution in [-0.4, -0.2) is 33.7 Å². The largest absolute Gasteiger partial charge is 0.472 e. The summed E-state index contributed by atoms with van der Waals surface area (Å²) in [7, 11) is 0. The Hall–Kier alpha value is -2.36. The summed E-state index contributed by atoms with van der Waals surface area (Å²) in [6.45, 7) is 5.85. The van der Waals surface area contributed by atoms with Crippen LogP contribution in [0, 0.1) is 11.3 Å². The lowest BCUT2D eigenvalue weighted by atomic mass is 9.93. The van der Waals surface area contributed by atoms with Crippen molar-refractivity contribution in [3.05, 3.63) is 18.1 Å². The molecule has 1 aliphatic rings. The van der Waals surface area contributed by atoms with Gasteiger partial charge in [0.05, 0.1) is 0 Å². The highest BCUT2D eigenvalue weighted by molar-refractivity contribution is 5.74. The Kier molecular flexibility index (Phi) is 5.37. The van der Waals surface area contributed by atoms with Gasteiger partial charge in [-0.3, -0.25) is 0 Å². The standard InChI is InChI=1S/C16H23N5O2/c1-16(2,3)21-15(22)20-11-4-6-12(7-5-11)23-14-13(10-17)18-8-9-19-14/h8-9,11-12H,4-7H2,1-3H3,(H2,20,21,22). The molecule has 124 valence electrons. The lowest BCUT2D eigenvalue weighted by Gasteiger charge is -2.30. The zero-order valence-electron chi connectivity index (χ0n) is 13.8. The molecule has 0 aromatic carbocycles. The lowest BCUT2D eigenvalue weighted by molar-refractivity contribution is 0.133. The van der Waals surface area contributed by atoms with Gasteiger partial charge in [0, 0.05) is 24.0 Å². The quantitative estimate of drug-likeness (QED) is 0.889. The fourth-order valence-electron chi connectivity index (χ4n) is 2.53. The van der Waals surface area contributed by atoms with Gasteiger partial charge in [-0.15, -0.1) is 0 Å². The molecular formula is C16H23N5O2. The molecule has 0 atom stereocenters. The first-order chi connectivity index (χ1) is 10.9. The van der Waals surface area contributed by atoms with Crippen molar-refractivity contribution in [3.63, 3.8) is 0 Å². The third-order valence-electron chi connectivity index (χ3n) is 3.55. The van der Waals surface area contributed by atoms with Gasteiger partial charge in [-0.1, -0.05) is 0 Å². The van der Waals surface area contributed by atoms with Gasteiger partial charge in [0.1, 0.15) is 12.2 Å². The second kappa shape index (κ2) is 7.27. The van der Waals surface area contributed by atoms with Gasteiger partial charge in [0.15, 0.2) is 0 Å². The normalized spacial score (nSPS) is 21.1. The van der Waals surface area contributed by atoms with Crippen molar-refractivity contribution in [2.45, 2.75) is 64.1 Å². The predicted octanol–water partition coefficient (Wildman–Crippen LogP) is 2.14. The van der Waals surface area contributed by atoms with Gasteiger partial charge in [0.25, 0.3) is 5.88 Å². The summed E-state index contributed by atoms with van der Waals surface area (Å²) in [5.74, 6) is 0.289. The number of aromatic nitrogens is 2. The second-order valence-corrected chi connectivity index (χ2v) is 6.76. The van der Waals surface area contributed by atoms with Crippen molar-refractivity contribution in [3.8, 4) is 11.9 Å². The summed E-state index contributed by atoms with van der Waals surface area (Å²) < 4.78 is 5.79. The van der Waals surface area contributed by atoms with Crippen LogP contribution in [0.2, 0.25) is 0 Å². The van der Waals surface area contributed by atoms with E-state index < -0.39 is 0 Å². The molecule has 2 rings (SSSR count). The number of nitrogens with zero attached hydrogens (tertiary/aromatic N) is 3. The molecule has 0 radical (unpaired) electrons. The number of amides is 2. The molecule has 1 saturated carbocycles. The molecule has 1 fully saturated rings. The summed E-state index contributed by atoms with van der Waals surface area (Å²) in [5.41, 5.74) is -0.0401. The average molecular weight is 317 g/mol. The Morgan fingerprint density at radius 1 is 1.26 bits per heavy atom. The molecule has 2 amide bonds. The Balaban J connectivity index is 1.80. The summed E-state index contributed by atoms with van der Waals surface area (Å²) in [6, 6.07) is 1.99. The fourth-order valence-corrected chi connectivity index (χ4v) is 2.53. The zero-order chi connectivity index (χ0) is 16.9. The van der Waals surface area contributed by atoms with Crippen molar-refractivity contribution in [1.82, 2.24) is 20.6 Å². The number of hydrogen-bond acceptors (Lipinski definition) is 5. The van der Waals surface area contributed by atoms with Crippen LogP contribution in [0.15, 0.2) is 12.4 Å². The minimum absolute atomic E-state index is 0.00234. The molecule has 1 heterocycles. The lowest BCUT2D eigenvalue weighted by Crippen LogP contribution is -2.50. The molecule has 23 heavy (non-hydrogen) atoms. The van der Waals surface area contributed by atoms with E-state index >= 15 is 0 Å². The van der Waals surface area contributed by atoms with Gasteiger partial charge in [-0.25, -0.2) is 14.8 Å². The van der Waals surface area contributed by atoms with E-state index in [4.69, 9.17) is 10.00 Å². The van der Waals surface area contributed by atoms with Gasteiger partial charge < -0.3 is 15.4 Å². The first-order valence-corrected chi connectivity index (χ1v) is 7.84. The zero-order valence-corrected chi connectivity index (χ0v) is 13.8. The van der Waals surface area contributed by atoms with Gasteiger partial charge in [-0.05, 0) is 46.5 Å². The molecule has 0 spiro atoms. The summed E-state index contributed by atoms with van der Waals surface area (Å²) >= 11 is 0. The van der Waals surface area contributed by atoms with Crippen LogP contribution in [0.25, 0.3) is 0 Å². The molecule has 0 unspecified atom stereocenters. The highest BCUT2D eigenvalue weighted by Gasteiger charge is 2.25. The highest BCUT2D eigenvalue weighted by atomic mass is 16.5. The maximum atomic E-state index is 11.9. The van der Waals surface area contributed by atoms with Crippen molar-refractivity contribution in [1.29, 1.82) is 5.26 Å². The third kappa shape index (κ3) is 5.40. The SMILES string of the molecule is CC(C)(C)NC(=O)NC1CCC(Oc2nccnc2C#N)CC1. The van der Waals surface area contributed by atoms with Crippen LogP contribution in [0.1, 0.15) is 52.1 Å². The van der Waals surface area contributed by atoms with Gasteiger partial charge in [0.2, 0.25) is 5.69 Å². The number of urea groups is 1. The molecule has 1 aliphatic carbocycles. The molecule has 1 aromatic rings.